The molecule has 0 aromatic rings. The van der Waals surface area contributed by atoms with Crippen molar-refractivity contribution in [2.45, 2.75) is 83.8 Å². The van der Waals surface area contributed by atoms with Crippen molar-refractivity contribution in [3.63, 3.8) is 0 Å². The van der Waals surface area contributed by atoms with Crippen LogP contribution in [0.25, 0.3) is 0 Å². The zero-order valence-corrected chi connectivity index (χ0v) is 14.3. The SMILES string of the molecule is CC(C)(O)CCOC(C)(C)[Si](C)(C)C(C)(C)C. The summed E-state index contributed by atoms with van der Waals surface area (Å²) in [5.74, 6) is 0. The van der Waals surface area contributed by atoms with Crippen LogP contribution in [0.2, 0.25) is 18.1 Å². The van der Waals surface area contributed by atoms with E-state index in [0.717, 1.165) is 0 Å². The molecule has 1 N–H and O–H groups in total. The molecule has 0 heterocycles. The summed E-state index contributed by atoms with van der Waals surface area (Å²) in [7, 11) is -1.53. The van der Waals surface area contributed by atoms with Gasteiger partial charge < -0.3 is 9.84 Å². The minimum atomic E-state index is -1.53. The minimum Gasteiger partial charge on any atom is -0.390 e. The third-order valence-electron chi connectivity index (χ3n) is 4.56. The molecule has 0 aliphatic rings. The van der Waals surface area contributed by atoms with E-state index in [1.54, 1.807) is 0 Å². The molecular weight excluding hydrogens is 228 g/mol. The first-order valence-corrected chi connectivity index (χ1v) is 9.57. The largest absolute Gasteiger partial charge is 0.390 e. The van der Waals surface area contributed by atoms with E-state index in [1.807, 2.05) is 13.8 Å². The predicted octanol–water partition coefficient (Wildman–Crippen LogP) is 3.99. The van der Waals surface area contributed by atoms with Crippen LogP contribution in [-0.2, 0) is 4.74 Å². The van der Waals surface area contributed by atoms with Gasteiger partial charge in [0.1, 0.15) is 0 Å². The van der Waals surface area contributed by atoms with E-state index in [4.69, 9.17) is 4.74 Å². The van der Waals surface area contributed by atoms with Gasteiger partial charge in [-0.2, -0.15) is 0 Å². The number of hydrogen-bond donors (Lipinski definition) is 1. The Labute approximate surface area is 109 Å². The van der Waals surface area contributed by atoms with E-state index < -0.39 is 13.7 Å². The fraction of sp³-hybridized carbons (Fsp3) is 1.00. The highest BCUT2D eigenvalue weighted by Crippen LogP contribution is 2.44. The Morgan fingerprint density at radius 2 is 1.35 bits per heavy atom. The molecule has 3 heteroatoms. The Morgan fingerprint density at radius 3 is 1.65 bits per heavy atom. The molecule has 0 bridgehead atoms. The molecule has 2 nitrogen and oxygen atoms in total. The highest BCUT2D eigenvalue weighted by atomic mass is 28.3. The van der Waals surface area contributed by atoms with Crippen molar-refractivity contribution in [1.82, 2.24) is 0 Å². The topological polar surface area (TPSA) is 29.5 Å². The summed E-state index contributed by atoms with van der Waals surface area (Å²) in [6.45, 7) is 20.4. The third-order valence-corrected chi connectivity index (χ3v) is 11.5. The molecule has 0 amide bonds. The molecule has 0 saturated carbocycles. The lowest BCUT2D eigenvalue weighted by Crippen LogP contribution is -2.57. The molecule has 0 aromatic heterocycles. The van der Waals surface area contributed by atoms with Crippen molar-refractivity contribution in [2.24, 2.45) is 0 Å². The monoisotopic (exact) mass is 260 g/mol. The molecule has 0 unspecified atom stereocenters. The highest BCUT2D eigenvalue weighted by molar-refractivity contribution is 6.82. The second-order valence-electron chi connectivity index (χ2n) is 7.80. The molecule has 17 heavy (non-hydrogen) atoms. The van der Waals surface area contributed by atoms with Gasteiger partial charge in [-0.05, 0) is 39.2 Å². The van der Waals surface area contributed by atoms with Crippen LogP contribution in [0.3, 0.4) is 0 Å². The maximum absolute atomic E-state index is 9.71. The lowest BCUT2D eigenvalue weighted by molar-refractivity contribution is -0.0124. The number of hydrogen-bond acceptors (Lipinski definition) is 2. The lowest BCUT2D eigenvalue weighted by atomic mass is 10.1. The maximum Gasteiger partial charge on any atom is 0.0900 e. The van der Waals surface area contributed by atoms with Crippen LogP contribution < -0.4 is 0 Å². The van der Waals surface area contributed by atoms with Crippen molar-refractivity contribution in [2.75, 3.05) is 6.61 Å². The smallest absolute Gasteiger partial charge is 0.0900 e. The average Bonchev–Trinajstić information content (AvgIpc) is 1.98. The normalized spacial score (nSPS) is 15.2. The van der Waals surface area contributed by atoms with Gasteiger partial charge >= 0.3 is 0 Å². The molecule has 0 aliphatic heterocycles. The van der Waals surface area contributed by atoms with Gasteiger partial charge in [-0.15, -0.1) is 0 Å². The minimum absolute atomic E-state index is 0.0729. The van der Waals surface area contributed by atoms with Crippen LogP contribution in [0.15, 0.2) is 0 Å². The second kappa shape index (κ2) is 5.02. The van der Waals surface area contributed by atoms with Crippen LogP contribution in [0.1, 0.15) is 54.9 Å². The summed E-state index contributed by atoms with van der Waals surface area (Å²) in [4.78, 5) is 0. The summed E-state index contributed by atoms with van der Waals surface area (Å²) < 4.78 is 6.10. The maximum atomic E-state index is 9.71. The Bertz CT molecular complexity index is 244. The standard InChI is InChI=1S/C14H32O2Si/c1-12(2,3)17(8,9)14(6,7)16-11-10-13(4,5)15/h15H,10-11H2,1-9H3. The van der Waals surface area contributed by atoms with Gasteiger partial charge in [0, 0.05) is 6.61 Å². The molecule has 0 atom stereocenters. The molecule has 0 aromatic carbocycles. The van der Waals surface area contributed by atoms with Crippen LogP contribution in [-0.4, -0.2) is 30.6 Å². The Hall–Kier alpha value is 0.137. The molecule has 0 aliphatic carbocycles. The Balaban J connectivity index is 4.58. The van der Waals surface area contributed by atoms with E-state index in [0.29, 0.717) is 18.1 Å². The summed E-state index contributed by atoms with van der Waals surface area (Å²) in [6.07, 6.45) is 0.686. The first-order chi connectivity index (χ1) is 7.21. The van der Waals surface area contributed by atoms with E-state index in [2.05, 4.69) is 47.7 Å². The highest BCUT2D eigenvalue weighted by Gasteiger charge is 2.48. The molecular formula is C14H32O2Si. The van der Waals surface area contributed by atoms with Gasteiger partial charge in [0.25, 0.3) is 0 Å². The Kier molecular flexibility index (Phi) is 5.06. The molecule has 0 radical (unpaired) electrons. The predicted molar refractivity (Wildman–Crippen MR) is 78.1 cm³/mol. The molecule has 0 rings (SSSR count). The zero-order chi connectivity index (χ0) is 14.1. The molecule has 0 spiro atoms. The summed E-state index contributed by atoms with van der Waals surface area (Å²) in [6, 6.07) is 0. The summed E-state index contributed by atoms with van der Waals surface area (Å²) in [5.41, 5.74) is -0.635. The first kappa shape index (κ1) is 17.1. The van der Waals surface area contributed by atoms with Crippen molar-refractivity contribution >= 4 is 8.07 Å². The van der Waals surface area contributed by atoms with E-state index in [1.165, 1.54) is 0 Å². The van der Waals surface area contributed by atoms with Gasteiger partial charge in [-0.3, -0.25) is 0 Å². The van der Waals surface area contributed by atoms with Crippen molar-refractivity contribution in [3.8, 4) is 0 Å². The van der Waals surface area contributed by atoms with Gasteiger partial charge in [0.2, 0.25) is 0 Å². The molecule has 104 valence electrons. The second-order valence-corrected chi connectivity index (χ2v) is 13.8. The number of rotatable bonds is 5. The van der Waals surface area contributed by atoms with Gasteiger partial charge in [0.05, 0.1) is 18.9 Å². The van der Waals surface area contributed by atoms with E-state index >= 15 is 0 Å². The van der Waals surface area contributed by atoms with Gasteiger partial charge in [0.15, 0.2) is 0 Å². The van der Waals surface area contributed by atoms with Gasteiger partial charge in [-0.25, -0.2) is 0 Å². The van der Waals surface area contributed by atoms with E-state index in [9.17, 15) is 5.11 Å². The van der Waals surface area contributed by atoms with Crippen LogP contribution >= 0.6 is 0 Å². The van der Waals surface area contributed by atoms with E-state index in [-0.39, 0.29) is 5.22 Å². The summed E-state index contributed by atoms with van der Waals surface area (Å²) in [5, 5.41) is 9.95. The average molecular weight is 260 g/mol. The number of ether oxygens (including phenoxy) is 1. The van der Waals surface area contributed by atoms with Crippen molar-refractivity contribution in [1.29, 1.82) is 0 Å². The summed E-state index contributed by atoms with van der Waals surface area (Å²) >= 11 is 0. The zero-order valence-electron chi connectivity index (χ0n) is 13.3. The fourth-order valence-corrected chi connectivity index (χ4v) is 3.91. The van der Waals surface area contributed by atoms with Crippen molar-refractivity contribution < 1.29 is 9.84 Å². The quantitative estimate of drug-likeness (QED) is 0.757. The van der Waals surface area contributed by atoms with Crippen LogP contribution in [0, 0.1) is 0 Å². The lowest BCUT2D eigenvalue weighted by Gasteiger charge is -2.48. The Morgan fingerprint density at radius 1 is 0.941 bits per heavy atom. The fourth-order valence-electron chi connectivity index (χ4n) is 1.64. The van der Waals surface area contributed by atoms with Crippen molar-refractivity contribution in [3.05, 3.63) is 0 Å². The molecule has 0 saturated heterocycles. The third kappa shape index (κ3) is 4.72. The van der Waals surface area contributed by atoms with Crippen LogP contribution in [0.5, 0.6) is 0 Å². The van der Waals surface area contributed by atoms with Gasteiger partial charge in [-0.1, -0.05) is 33.9 Å². The first-order valence-electron chi connectivity index (χ1n) is 6.57. The number of aliphatic hydroxyl groups is 1. The van der Waals surface area contributed by atoms with Crippen LogP contribution in [0.4, 0.5) is 0 Å². The molecule has 0 fully saturated rings.